The van der Waals surface area contributed by atoms with Crippen LogP contribution >= 0.6 is 0 Å². The van der Waals surface area contributed by atoms with E-state index in [0.29, 0.717) is 11.5 Å². The van der Waals surface area contributed by atoms with Crippen molar-refractivity contribution in [3.05, 3.63) is 95.1 Å². The van der Waals surface area contributed by atoms with Crippen molar-refractivity contribution < 1.29 is 28.4 Å². The summed E-state index contributed by atoms with van der Waals surface area (Å²) >= 11 is 0. The van der Waals surface area contributed by atoms with Crippen molar-refractivity contribution >= 4 is 0 Å². The van der Waals surface area contributed by atoms with Gasteiger partial charge in [0.15, 0.2) is 0 Å². The van der Waals surface area contributed by atoms with Gasteiger partial charge in [-0.1, -0.05) is 24.3 Å². The largest absolute Gasteiger partial charge is 0.497 e. The van der Waals surface area contributed by atoms with Crippen molar-refractivity contribution in [1.82, 2.24) is 0 Å². The molecule has 0 unspecified atom stereocenters. The average molecular weight is 543 g/mol. The molecule has 0 N–H and O–H groups in total. The maximum atomic E-state index is 5.84. The molecule has 0 aliphatic rings. The Bertz CT molecular complexity index is 1320. The molecule has 0 aromatic heterocycles. The fourth-order valence-corrected chi connectivity index (χ4v) is 4.96. The molecule has 0 atom stereocenters. The lowest BCUT2D eigenvalue weighted by molar-refractivity contribution is 0.388. The average Bonchev–Trinajstić information content (AvgIpc) is 3.01. The van der Waals surface area contributed by atoms with E-state index in [1.54, 1.807) is 42.7 Å². The van der Waals surface area contributed by atoms with E-state index in [-0.39, 0.29) is 0 Å². The fourth-order valence-electron chi connectivity index (χ4n) is 4.96. The Hall–Kier alpha value is -4.32. The highest BCUT2D eigenvalue weighted by Crippen LogP contribution is 2.43. The topological polar surface area (TPSA) is 55.4 Å². The van der Waals surface area contributed by atoms with E-state index in [4.69, 9.17) is 28.4 Å². The van der Waals surface area contributed by atoms with Crippen LogP contribution in [-0.2, 0) is 25.7 Å². The predicted octanol–water partition coefficient (Wildman–Crippen LogP) is 6.98. The molecule has 0 bridgehead atoms. The van der Waals surface area contributed by atoms with Crippen LogP contribution in [0.4, 0.5) is 0 Å². The van der Waals surface area contributed by atoms with E-state index in [9.17, 15) is 0 Å². The van der Waals surface area contributed by atoms with Crippen molar-refractivity contribution in [2.45, 2.75) is 25.7 Å². The van der Waals surface area contributed by atoms with Crippen molar-refractivity contribution in [1.29, 1.82) is 0 Å². The van der Waals surface area contributed by atoms with E-state index < -0.39 is 0 Å². The molecule has 0 heterocycles. The Morgan fingerprint density at radius 1 is 0.400 bits per heavy atom. The summed E-state index contributed by atoms with van der Waals surface area (Å²) in [5, 5.41) is 0. The van der Waals surface area contributed by atoms with Gasteiger partial charge in [-0.3, -0.25) is 0 Å². The highest BCUT2D eigenvalue weighted by atomic mass is 16.5. The molecule has 40 heavy (non-hydrogen) atoms. The molecule has 0 saturated heterocycles. The van der Waals surface area contributed by atoms with Gasteiger partial charge >= 0.3 is 0 Å². The smallest absolute Gasteiger partial charge is 0.130 e. The van der Waals surface area contributed by atoms with Crippen molar-refractivity contribution in [2.24, 2.45) is 0 Å². The third kappa shape index (κ3) is 6.63. The zero-order valence-corrected chi connectivity index (χ0v) is 24.2. The first-order valence-corrected chi connectivity index (χ1v) is 13.3. The molecule has 0 amide bonds. The lowest BCUT2D eigenvalue weighted by atomic mass is 9.94. The van der Waals surface area contributed by atoms with Gasteiger partial charge in [0.2, 0.25) is 0 Å². The maximum absolute atomic E-state index is 5.84. The minimum Gasteiger partial charge on any atom is -0.497 e. The van der Waals surface area contributed by atoms with Gasteiger partial charge in [-0.25, -0.2) is 0 Å². The molecule has 0 aliphatic heterocycles. The molecule has 0 spiro atoms. The molecule has 6 heteroatoms. The molecular formula is C34H38O6. The summed E-state index contributed by atoms with van der Waals surface area (Å²) in [5.74, 6) is 4.70. The molecule has 6 nitrogen and oxygen atoms in total. The summed E-state index contributed by atoms with van der Waals surface area (Å²) in [5.41, 5.74) is 6.42. The number of ether oxygens (including phenoxy) is 6. The summed E-state index contributed by atoms with van der Waals surface area (Å²) in [4.78, 5) is 0. The second-order valence-corrected chi connectivity index (χ2v) is 9.43. The first-order chi connectivity index (χ1) is 19.5. The first-order valence-electron chi connectivity index (χ1n) is 13.3. The summed E-state index contributed by atoms with van der Waals surface area (Å²) in [7, 11) is 10.1. The summed E-state index contributed by atoms with van der Waals surface area (Å²) in [6.07, 6.45) is 3.25. The molecule has 4 aromatic carbocycles. The highest BCUT2D eigenvalue weighted by molar-refractivity contribution is 5.79. The van der Waals surface area contributed by atoms with Crippen LogP contribution in [0.1, 0.15) is 22.3 Å². The molecule has 4 aromatic rings. The molecule has 210 valence electrons. The van der Waals surface area contributed by atoms with E-state index in [0.717, 1.165) is 70.9 Å². The first kappa shape index (κ1) is 28.7. The van der Waals surface area contributed by atoms with Crippen molar-refractivity contribution in [3.63, 3.8) is 0 Å². The van der Waals surface area contributed by atoms with Crippen LogP contribution in [0.3, 0.4) is 0 Å². The molecule has 0 saturated carbocycles. The third-order valence-corrected chi connectivity index (χ3v) is 7.13. The van der Waals surface area contributed by atoms with Gasteiger partial charge in [0, 0.05) is 23.3 Å². The Kier molecular flexibility index (Phi) is 9.79. The number of rotatable bonds is 13. The SMILES string of the molecule is COc1cccc(CCc2cc(-c3cc(CCc4cccc(OC)c4)c(OC)cc3OC)c(OC)cc2OC)c1. The predicted molar refractivity (Wildman–Crippen MR) is 159 cm³/mol. The summed E-state index contributed by atoms with van der Waals surface area (Å²) in [6.45, 7) is 0. The molecular weight excluding hydrogens is 504 g/mol. The van der Waals surface area contributed by atoms with Crippen molar-refractivity contribution in [2.75, 3.05) is 42.7 Å². The summed E-state index contributed by atoms with van der Waals surface area (Å²) < 4.78 is 34.0. The van der Waals surface area contributed by atoms with Gasteiger partial charge in [0.25, 0.3) is 0 Å². The van der Waals surface area contributed by atoms with Crippen LogP contribution in [0.25, 0.3) is 11.1 Å². The highest BCUT2D eigenvalue weighted by Gasteiger charge is 2.19. The van der Waals surface area contributed by atoms with E-state index >= 15 is 0 Å². The minimum absolute atomic E-state index is 0.712. The zero-order valence-electron chi connectivity index (χ0n) is 24.2. The van der Waals surface area contributed by atoms with Gasteiger partial charge in [0.1, 0.15) is 34.5 Å². The minimum atomic E-state index is 0.712. The van der Waals surface area contributed by atoms with Gasteiger partial charge in [-0.05, 0) is 84.3 Å². The molecule has 0 fully saturated rings. The quantitative estimate of drug-likeness (QED) is 0.182. The normalized spacial score (nSPS) is 10.7. The van der Waals surface area contributed by atoms with Crippen LogP contribution in [0.15, 0.2) is 72.8 Å². The van der Waals surface area contributed by atoms with Gasteiger partial charge in [-0.2, -0.15) is 0 Å². The Balaban J connectivity index is 1.72. The van der Waals surface area contributed by atoms with Crippen LogP contribution in [0.5, 0.6) is 34.5 Å². The fraction of sp³-hybridized carbons (Fsp3) is 0.294. The van der Waals surface area contributed by atoms with Crippen LogP contribution in [0, 0.1) is 0 Å². The number of aryl methyl sites for hydroxylation is 4. The molecule has 0 aliphatic carbocycles. The van der Waals surface area contributed by atoms with Gasteiger partial charge in [-0.15, -0.1) is 0 Å². The number of hydrogen-bond acceptors (Lipinski definition) is 6. The van der Waals surface area contributed by atoms with E-state index in [2.05, 4.69) is 36.4 Å². The van der Waals surface area contributed by atoms with Crippen LogP contribution in [-0.4, -0.2) is 42.7 Å². The van der Waals surface area contributed by atoms with Gasteiger partial charge in [0.05, 0.1) is 42.7 Å². The van der Waals surface area contributed by atoms with E-state index in [1.807, 2.05) is 36.4 Å². The zero-order chi connectivity index (χ0) is 28.5. The number of methoxy groups -OCH3 is 6. The Labute approximate surface area is 237 Å². The van der Waals surface area contributed by atoms with Crippen molar-refractivity contribution in [3.8, 4) is 45.6 Å². The van der Waals surface area contributed by atoms with E-state index in [1.165, 1.54) is 11.1 Å². The molecule has 4 rings (SSSR count). The second kappa shape index (κ2) is 13.7. The van der Waals surface area contributed by atoms with Crippen LogP contribution < -0.4 is 28.4 Å². The standard InChI is InChI=1S/C34H38O6/c1-35-27-11-7-9-23(17-27)13-15-25-19-29(33(39-5)21-31(25)37-3)30-20-26(32(38-4)22-34(30)40-6)16-14-24-10-8-12-28(18-24)36-2/h7-12,17-22H,13-16H2,1-6H3. The summed E-state index contributed by atoms with van der Waals surface area (Å²) in [6, 6.07) is 24.5. The Morgan fingerprint density at radius 2 is 0.800 bits per heavy atom. The third-order valence-electron chi connectivity index (χ3n) is 7.13. The lowest BCUT2D eigenvalue weighted by Crippen LogP contribution is -2.02. The second-order valence-electron chi connectivity index (χ2n) is 9.43. The number of benzene rings is 4. The Morgan fingerprint density at radius 3 is 1.15 bits per heavy atom. The monoisotopic (exact) mass is 542 g/mol. The molecule has 0 radical (unpaired) electrons. The van der Waals surface area contributed by atoms with Crippen LogP contribution in [0.2, 0.25) is 0 Å². The number of hydrogen-bond donors (Lipinski definition) is 0. The lowest BCUT2D eigenvalue weighted by Gasteiger charge is -2.19. The maximum Gasteiger partial charge on any atom is 0.130 e. The van der Waals surface area contributed by atoms with Gasteiger partial charge < -0.3 is 28.4 Å².